The summed E-state index contributed by atoms with van der Waals surface area (Å²) in [6.07, 6.45) is 1.74. The average Bonchev–Trinajstić information content (AvgIpc) is 2.63. The van der Waals surface area contributed by atoms with Crippen LogP contribution in [0.1, 0.15) is 13.3 Å². The van der Waals surface area contributed by atoms with E-state index in [1.807, 2.05) is 0 Å². The molecule has 0 aromatic heterocycles. The van der Waals surface area contributed by atoms with Crippen LogP contribution in [0.3, 0.4) is 0 Å². The number of morpholine rings is 1. The van der Waals surface area contributed by atoms with Gasteiger partial charge in [0.25, 0.3) is 0 Å². The normalized spacial score (nSPS) is 34.9. The van der Waals surface area contributed by atoms with E-state index in [2.05, 4.69) is 17.1 Å². The lowest BCUT2D eigenvalue weighted by molar-refractivity contribution is 0.0132. The molecule has 1 N–H and O–H groups in total. The molecule has 0 aromatic rings. The molecule has 4 nitrogen and oxygen atoms in total. The van der Waals surface area contributed by atoms with Crippen LogP contribution in [0.5, 0.6) is 0 Å². The fourth-order valence-corrected chi connectivity index (χ4v) is 1.97. The Morgan fingerprint density at radius 3 is 2.79 bits per heavy atom. The van der Waals surface area contributed by atoms with Crippen molar-refractivity contribution < 1.29 is 9.47 Å². The summed E-state index contributed by atoms with van der Waals surface area (Å²) in [4.78, 5) is 2.44. The highest BCUT2D eigenvalue weighted by Crippen LogP contribution is 2.08. The molecule has 2 heterocycles. The van der Waals surface area contributed by atoms with Crippen LogP contribution in [0.4, 0.5) is 0 Å². The van der Waals surface area contributed by atoms with Crippen LogP contribution in [0.2, 0.25) is 0 Å². The summed E-state index contributed by atoms with van der Waals surface area (Å²) < 4.78 is 11.0. The molecule has 0 radical (unpaired) electrons. The van der Waals surface area contributed by atoms with Crippen molar-refractivity contribution in [3.05, 3.63) is 0 Å². The van der Waals surface area contributed by atoms with E-state index in [1.165, 1.54) is 0 Å². The van der Waals surface area contributed by atoms with Gasteiger partial charge in [-0.15, -0.1) is 0 Å². The molecule has 0 amide bonds. The Morgan fingerprint density at radius 2 is 2.14 bits per heavy atom. The lowest BCUT2D eigenvalue weighted by Crippen LogP contribution is -2.39. The van der Waals surface area contributed by atoms with E-state index in [1.54, 1.807) is 0 Å². The highest BCUT2D eigenvalue weighted by Gasteiger charge is 2.21. The van der Waals surface area contributed by atoms with Crippen LogP contribution >= 0.6 is 0 Å². The second-order valence-electron chi connectivity index (χ2n) is 4.09. The molecule has 2 saturated heterocycles. The minimum Gasteiger partial charge on any atom is -0.379 e. The van der Waals surface area contributed by atoms with Crippen LogP contribution in [0.15, 0.2) is 0 Å². The molecule has 0 saturated carbocycles. The fourth-order valence-electron chi connectivity index (χ4n) is 1.97. The second kappa shape index (κ2) is 5.07. The van der Waals surface area contributed by atoms with Crippen LogP contribution in [-0.2, 0) is 9.47 Å². The molecule has 2 rings (SSSR count). The first-order valence-electron chi connectivity index (χ1n) is 5.53. The number of nitrogens with zero attached hydrogens (tertiary/aromatic N) is 1. The summed E-state index contributed by atoms with van der Waals surface area (Å²) >= 11 is 0. The number of nitrogens with one attached hydrogen (secondary N) is 1. The lowest BCUT2D eigenvalue weighted by atomic mass is 10.3. The fraction of sp³-hybridized carbons (Fsp3) is 1.00. The zero-order valence-electron chi connectivity index (χ0n) is 8.87. The Hall–Kier alpha value is -0.160. The molecule has 2 fully saturated rings. The third kappa shape index (κ3) is 2.92. The molecule has 2 atom stereocenters. The maximum absolute atomic E-state index is 5.68. The molecule has 0 aliphatic carbocycles. The van der Waals surface area contributed by atoms with Gasteiger partial charge in [0.2, 0.25) is 0 Å². The summed E-state index contributed by atoms with van der Waals surface area (Å²) in [6, 6.07) is 0. The van der Waals surface area contributed by atoms with Crippen molar-refractivity contribution in [1.29, 1.82) is 0 Å². The molecule has 0 spiro atoms. The van der Waals surface area contributed by atoms with Gasteiger partial charge in [-0.3, -0.25) is 10.2 Å². The van der Waals surface area contributed by atoms with E-state index in [0.29, 0.717) is 6.10 Å². The van der Waals surface area contributed by atoms with Gasteiger partial charge in [-0.25, -0.2) is 0 Å². The van der Waals surface area contributed by atoms with Crippen LogP contribution in [0.25, 0.3) is 0 Å². The molecule has 4 heteroatoms. The quantitative estimate of drug-likeness (QED) is 0.697. The van der Waals surface area contributed by atoms with E-state index >= 15 is 0 Å². The summed E-state index contributed by atoms with van der Waals surface area (Å²) in [5, 5.41) is 3.37. The van der Waals surface area contributed by atoms with Gasteiger partial charge >= 0.3 is 0 Å². The van der Waals surface area contributed by atoms with Crippen molar-refractivity contribution in [2.75, 3.05) is 39.4 Å². The van der Waals surface area contributed by atoms with Crippen molar-refractivity contribution in [2.45, 2.75) is 25.7 Å². The SMILES string of the molecule is CC1CNC(CCN2CCOCC2)O1. The van der Waals surface area contributed by atoms with Crippen LogP contribution < -0.4 is 5.32 Å². The van der Waals surface area contributed by atoms with Gasteiger partial charge in [-0.2, -0.15) is 0 Å². The number of hydrogen-bond donors (Lipinski definition) is 1. The van der Waals surface area contributed by atoms with Gasteiger partial charge in [0, 0.05) is 26.2 Å². The summed E-state index contributed by atoms with van der Waals surface area (Å²) in [6.45, 7) is 8.14. The number of rotatable bonds is 3. The van der Waals surface area contributed by atoms with Gasteiger partial charge in [0.15, 0.2) is 0 Å². The third-order valence-corrected chi connectivity index (χ3v) is 2.84. The van der Waals surface area contributed by atoms with Gasteiger partial charge in [-0.1, -0.05) is 0 Å². The van der Waals surface area contributed by atoms with E-state index in [4.69, 9.17) is 9.47 Å². The molecule has 2 aliphatic rings. The van der Waals surface area contributed by atoms with Gasteiger partial charge in [0.05, 0.1) is 19.3 Å². The predicted octanol–water partition coefficient (Wildman–Crippen LogP) is 0.0431. The Kier molecular flexibility index (Phi) is 3.75. The van der Waals surface area contributed by atoms with Crippen molar-refractivity contribution in [1.82, 2.24) is 10.2 Å². The van der Waals surface area contributed by atoms with Crippen LogP contribution in [0, 0.1) is 0 Å². The summed E-state index contributed by atoms with van der Waals surface area (Å²) in [5.41, 5.74) is 0. The van der Waals surface area contributed by atoms with E-state index in [9.17, 15) is 0 Å². The van der Waals surface area contributed by atoms with Gasteiger partial charge < -0.3 is 9.47 Å². The minimum atomic E-state index is 0.271. The average molecular weight is 200 g/mol. The Balaban J connectivity index is 1.61. The standard InChI is InChI=1S/C10H20N2O2/c1-9-8-11-10(14-9)2-3-12-4-6-13-7-5-12/h9-11H,2-8H2,1H3. The third-order valence-electron chi connectivity index (χ3n) is 2.84. The zero-order chi connectivity index (χ0) is 9.80. The van der Waals surface area contributed by atoms with E-state index in [0.717, 1.165) is 45.8 Å². The first-order valence-corrected chi connectivity index (χ1v) is 5.53. The highest BCUT2D eigenvalue weighted by atomic mass is 16.5. The topological polar surface area (TPSA) is 33.7 Å². The lowest BCUT2D eigenvalue weighted by Gasteiger charge is -2.27. The van der Waals surface area contributed by atoms with E-state index < -0.39 is 0 Å². The second-order valence-corrected chi connectivity index (χ2v) is 4.09. The Labute approximate surface area is 85.5 Å². The molecule has 82 valence electrons. The van der Waals surface area contributed by atoms with Gasteiger partial charge in [0.1, 0.15) is 6.23 Å². The smallest absolute Gasteiger partial charge is 0.109 e. The van der Waals surface area contributed by atoms with Crippen molar-refractivity contribution in [2.24, 2.45) is 0 Å². The maximum atomic E-state index is 5.68. The van der Waals surface area contributed by atoms with E-state index in [-0.39, 0.29) is 6.23 Å². The predicted molar refractivity (Wildman–Crippen MR) is 54.2 cm³/mol. The molecular formula is C10H20N2O2. The molecular weight excluding hydrogens is 180 g/mol. The molecule has 2 unspecified atom stereocenters. The van der Waals surface area contributed by atoms with Gasteiger partial charge in [-0.05, 0) is 13.3 Å². The number of ether oxygens (including phenoxy) is 2. The highest BCUT2D eigenvalue weighted by molar-refractivity contribution is 4.72. The Morgan fingerprint density at radius 1 is 1.36 bits per heavy atom. The first-order chi connectivity index (χ1) is 6.84. The maximum Gasteiger partial charge on any atom is 0.109 e. The van der Waals surface area contributed by atoms with Crippen molar-refractivity contribution in [3.63, 3.8) is 0 Å². The van der Waals surface area contributed by atoms with Crippen LogP contribution in [-0.4, -0.2) is 56.6 Å². The minimum absolute atomic E-state index is 0.271. The first kappa shape index (κ1) is 10.4. The van der Waals surface area contributed by atoms with Crippen molar-refractivity contribution >= 4 is 0 Å². The summed E-state index contributed by atoms with van der Waals surface area (Å²) in [7, 11) is 0. The molecule has 2 aliphatic heterocycles. The monoisotopic (exact) mass is 200 g/mol. The largest absolute Gasteiger partial charge is 0.379 e. The molecule has 0 aromatic carbocycles. The summed E-state index contributed by atoms with van der Waals surface area (Å²) in [5.74, 6) is 0. The Bertz CT molecular complexity index is 167. The number of hydrogen-bond acceptors (Lipinski definition) is 4. The molecule has 14 heavy (non-hydrogen) atoms. The van der Waals surface area contributed by atoms with Crippen molar-refractivity contribution in [3.8, 4) is 0 Å². The zero-order valence-corrected chi connectivity index (χ0v) is 8.87. The molecule has 0 bridgehead atoms.